The molecule has 0 aliphatic heterocycles. The average molecular weight is 408 g/mol. The van der Waals surface area contributed by atoms with Crippen molar-refractivity contribution >= 4 is 15.2 Å². The van der Waals surface area contributed by atoms with E-state index in [0.717, 1.165) is 24.8 Å². The SMILES string of the molecule is CCCCCCCCCCc1ccc[n+](CC(P(=O)(O)O)P(=O)(O)O)c1. The average Bonchev–Trinajstić information content (AvgIpc) is 2.53. The summed E-state index contributed by atoms with van der Waals surface area (Å²) in [6.45, 7) is 1.79. The number of aromatic nitrogens is 1. The maximum absolute atomic E-state index is 11.4. The maximum Gasteiger partial charge on any atom is 0.347 e. The molecule has 1 aromatic heterocycles. The molecule has 0 atom stereocenters. The highest BCUT2D eigenvalue weighted by atomic mass is 31.2. The quantitative estimate of drug-likeness (QED) is 0.226. The zero-order valence-corrected chi connectivity index (χ0v) is 17.2. The second-order valence-electron chi connectivity index (χ2n) is 6.79. The Hall–Kier alpha value is -0.550. The Morgan fingerprint density at radius 1 is 0.923 bits per heavy atom. The van der Waals surface area contributed by atoms with Gasteiger partial charge in [-0.15, -0.1) is 0 Å². The number of hydrogen-bond donors (Lipinski definition) is 4. The Morgan fingerprint density at radius 2 is 1.46 bits per heavy atom. The molecule has 0 spiro atoms. The molecule has 0 amide bonds. The third-order valence-electron chi connectivity index (χ3n) is 4.39. The smallest absolute Gasteiger partial charge is 0.324 e. The monoisotopic (exact) mass is 408 g/mol. The van der Waals surface area contributed by atoms with Gasteiger partial charge in [0.15, 0.2) is 18.9 Å². The van der Waals surface area contributed by atoms with Crippen molar-refractivity contribution in [1.82, 2.24) is 0 Å². The van der Waals surface area contributed by atoms with E-state index < -0.39 is 27.1 Å². The van der Waals surface area contributed by atoms with Crippen molar-refractivity contribution in [2.75, 3.05) is 0 Å². The van der Waals surface area contributed by atoms with Gasteiger partial charge in [0.1, 0.15) is 0 Å². The standard InChI is InChI=1S/C17H31NO6P2/c1-2-3-4-5-6-7-8-9-11-16-12-10-13-18(14-16)15-17(25(19,20)21)26(22,23)24/h10,12-14,17H,2-9,11,15H2,1H3,(H3-,19,20,21,22,23,24)/p+1. The van der Waals surface area contributed by atoms with Crippen LogP contribution < -0.4 is 4.57 Å². The molecule has 0 saturated heterocycles. The molecular formula is C17H32NO6P2+. The van der Waals surface area contributed by atoms with Gasteiger partial charge >= 0.3 is 15.2 Å². The molecule has 0 fully saturated rings. The lowest BCUT2D eigenvalue weighted by atomic mass is 10.1. The van der Waals surface area contributed by atoms with Crippen LogP contribution in [0.3, 0.4) is 0 Å². The van der Waals surface area contributed by atoms with Gasteiger partial charge in [0, 0.05) is 11.6 Å². The minimum Gasteiger partial charge on any atom is -0.324 e. The van der Waals surface area contributed by atoms with Crippen LogP contribution in [0.25, 0.3) is 0 Å². The van der Waals surface area contributed by atoms with Crippen LogP contribution in [0.1, 0.15) is 63.9 Å². The van der Waals surface area contributed by atoms with E-state index in [4.69, 9.17) is 0 Å². The summed E-state index contributed by atoms with van der Waals surface area (Å²) in [5.41, 5.74) is 0.994. The molecule has 1 heterocycles. The van der Waals surface area contributed by atoms with Crippen LogP contribution in [0.5, 0.6) is 0 Å². The first-order chi connectivity index (χ1) is 12.1. The number of aryl methyl sites for hydroxylation is 1. The highest BCUT2D eigenvalue weighted by molar-refractivity contribution is 7.70. The Balaban J connectivity index is 2.50. The molecule has 4 N–H and O–H groups in total. The summed E-state index contributed by atoms with van der Waals surface area (Å²) in [7, 11) is -9.81. The van der Waals surface area contributed by atoms with Crippen molar-refractivity contribution in [1.29, 1.82) is 0 Å². The van der Waals surface area contributed by atoms with Gasteiger partial charge < -0.3 is 19.6 Å². The molecule has 9 heteroatoms. The first-order valence-corrected chi connectivity index (χ1v) is 12.6. The van der Waals surface area contributed by atoms with Crippen LogP contribution in [-0.2, 0) is 22.1 Å². The number of nitrogens with zero attached hydrogens (tertiary/aromatic N) is 1. The van der Waals surface area contributed by atoms with Crippen molar-refractivity contribution in [2.24, 2.45) is 0 Å². The molecule has 0 unspecified atom stereocenters. The van der Waals surface area contributed by atoms with E-state index >= 15 is 0 Å². The van der Waals surface area contributed by atoms with Crippen molar-refractivity contribution in [3.05, 3.63) is 30.1 Å². The van der Waals surface area contributed by atoms with E-state index in [1.54, 1.807) is 18.5 Å². The lowest BCUT2D eigenvalue weighted by Crippen LogP contribution is -2.39. The normalized spacial score (nSPS) is 12.7. The fourth-order valence-electron chi connectivity index (χ4n) is 2.90. The van der Waals surface area contributed by atoms with E-state index in [1.807, 2.05) is 6.07 Å². The highest BCUT2D eigenvalue weighted by Gasteiger charge is 2.46. The Kier molecular flexibility index (Phi) is 10.2. The van der Waals surface area contributed by atoms with Gasteiger partial charge in [-0.25, -0.2) is 4.57 Å². The van der Waals surface area contributed by atoms with Crippen molar-refractivity contribution < 1.29 is 33.3 Å². The van der Waals surface area contributed by atoms with Crippen LogP contribution in [0.4, 0.5) is 0 Å². The number of pyridine rings is 1. The molecule has 0 aliphatic rings. The Bertz CT molecular complexity index is 605. The third-order valence-corrected chi connectivity index (χ3v) is 8.07. The highest BCUT2D eigenvalue weighted by Crippen LogP contribution is 2.59. The van der Waals surface area contributed by atoms with E-state index in [0.29, 0.717) is 0 Å². The van der Waals surface area contributed by atoms with Crippen molar-refractivity contribution in [3.8, 4) is 0 Å². The van der Waals surface area contributed by atoms with Crippen LogP contribution in [0, 0.1) is 0 Å². The van der Waals surface area contributed by atoms with E-state index in [2.05, 4.69) is 6.92 Å². The molecule has 0 bridgehead atoms. The molecule has 0 radical (unpaired) electrons. The van der Waals surface area contributed by atoms with E-state index in [1.165, 1.54) is 43.1 Å². The second-order valence-corrected chi connectivity index (χ2v) is 10.8. The fraction of sp³-hybridized carbons (Fsp3) is 0.706. The molecule has 150 valence electrons. The van der Waals surface area contributed by atoms with Gasteiger partial charge in [-0.05, 0) is 18.9 Å². The van der Waals surface area contributed by atoms with Crippen LogP contribution in [0.15, 0.2) is 24.5 Å². The summed E-state index contributed by atoms with van der Waals surface area (Å²) in [6, 6.07) is 3.65. The van der Waals surface area contributed by atoms with Gasteiger partial charge in [0.25, 0.3) is 0 Å². The number of hydrogen-bond acceptors (Lipinski definition) is 2. The first kappa shape index (κ1) is 23.5. The van der Waals surface area contributed by atoms with Gasteiger partial charge in [-0.1, -0.05) is 51.9 Å². The lowest BCUT2D eigenvalue weighted by molar-refractivity contribution is -0.695. The topological polar surface area (TPSA) is 119 Å². The Morgan fingerprint density at radius 3 is 2.00 bits per heavy atom. The van der Waals surface area contributed by atoms with Gasteiger partial charge in [-0.2, -0.15) is 0 Å². The molecule has 7 nitrogen and oxygen atoms in total. The molecule has 0 saturated carbocycles. The zero-order valence-electron chi connectivity index (χ0n) is 15.4. The van der Waals surface area contributed by atoms with Gasteiger partial charge in [0.05, 0.1) is 0 Å². The second kappa shape index (κ2) is 11.3. The lowest BCUT2D eigenvalue weighted by Gasteiger charge is -2.16. The molecule has 0 aliphatic carbocycles. The molecule has 0 aromatic carbocycles. The zero-order chi connectivity index (χ0) is 19.6. The number of rotatable bonds is 13. The van der Waals surface area contributed by atoms with Crippen LogP contribution >= 0.6 is 15.2 Å². The van der Waals surface area contributed by atoms with E-state index in [9.17, 15) is 28.7 Å². The van der Waals surface area contributed by atoms with Crippen molar-refractivity contribution in [2.45, 2.75) is 76.7 Å². The molecule has 26 heavy (non-hydrogen) atoms. The third kappa shape index (κ3) is 9.40. The summed E-state index contributed by atoms with van der Waals surface area (Å²) in [5.74, 6) is 0. The fourth-order valence-corrected chi connectivity index (χ4v) is 5.27. The molecule has 1 rings (SSSR count). The van der Waals surface area contributed by atoms with Gasteiger partial charge in [0.2, 0.25) is 5.40 Å². The van der Waals surface area contributed by atoms with Crippen molar-refractivity contribution in [3.63, 3.8) is 0 Å². The molecule has 1 aromatic rings. The van der Waals surface area contributed by atoms with Crippen LogP contribution in [0.2, 0.25) is 0 Å². The van der Waals surface area contributed by atoms with Crippen LogP contribution in [-0.4, -0.2) is 25.0 Å². The number of unbranched alkanes of at least 4 members (excludes halogenated alkanes) is 7. The summed E-state index contributed by atoms with van der Waals surface area (Å²) in [4.78, 5) is 36.9. The predicted molar refractivity (Wildman–Crippen MR) is 101 cm³/mol. The Labute approximate surface area is 155 Å². The minimum absolute atomic E-state index is 0.417. The first-order valence-electron chi connectivity index (χ1n) is 9.23. The molecular weight excluding hydrogens is 376 g/mol. The largest absolute Gasteiger partial charge is 0.347 e. The maximum atomic E-state index is 11.4. The van der Waals surface area contributed by atoms with E-state index in [-0.39, 0.29) is 0 Å². The summed E-state index contributed by atoms with van der Waals surface area (Å²) in [6.07, 6.45) is 13.9. The summed E-state index contributed by atoms with van der Waals surface area (Å²) in [5, 5.41) is -2.02. The van der Waals surface area contributed by atoms with Gasteiger partial charge in [-0.3, -0.25) is 9.13 Å². The summed E-state index contributed by atoms with van der Waals surface area (Å²) >= 11 is 0. The summed E-state index contributed by atoms with van der Waals surface area (Å²) < 4.78 is 24.2. The predicted octanol–water partition coefficient (Wildman–Crippen LogP) is 3.34. The minimum atomic E-state index is -4.90.